The summed E-state index contributed by atoms with van der Waals surface area (Å²) in [7, 11) is 1.31. The molecule has 0 amide bonds. The van der Waals surface area contributed by atoms with Gasteiger partial charge in [-0.1, -0.05) is 6.92 Å². The first-order chi connectivity index (χ1) is 3.83. The van der Waals surface area contributed by atoms with Gasteiger partial charge in [0.15, 0.2) is 0 Å². The predicted molar refractivity (Wildman–Crippen MR) is 29.0 cm³/mol. The molecule has 0 aromatic rings. The smallest absolute Gasteiger partial charge is 0.292 e. The predicted octanol–water partition coefficient (Wildman–Crippen LogP) is 0.709. The van der Waals surface area contributed by atoms with E-state index in [0.717, 1.165) is 0 Å². The third-order valence-corrected chi connectivity index (χ3v) is 0.254. The maximum atomic E-state index is 8.95. The maximum absolute atomic E-state index is 8.95. The lowest BCUT2D eigenvalue weighted by Crippen LogP contribution is -1.68. The van der Waals surface area contributed by atoms with Gasteiger partial charge in [0.1, 0.15) is 0 Å². The molecule has 0 spiro atoms. The number of hydrogen-bond donors (Lipinski definition) is 0. The van der Waals surface area contributed by atoms with E-state index in [2.05, 4.69) is 4.74 Å². The Balaban J connectivity index is 0. The van der Waals surface area contributed by atoms with E-state index >= 15 is 0 Å². The highest BCUT2D eigenvalue weighted by Gasteiger charge is 1.49. The number of nitriles is 1. The molecule has 0 fully saturated rings. The van der Waals surface area contributed by atoms with E-state index in [1.807, 2.05) is 13.0 Å². The van der Waals surface area contributed by atoms with E-state index in [4.69, 9.17) is 10.1 Å². The fourth-order valence-corrected chi connectivity index (χ4v) is 0. The van der Waals surface area contributed by atoms with Crippen molar-refractivity contribution in [3.8, 4) is 6.07 Å². The van der Waals surface area contributed by atoms with Crippen LogP contribution in [0, 0.1) is 11.3 Å². The van der Waals surface area contributed by atoms with E-state index in [-0.39, 0.29) is 0 Å². The molecule has 0 radical (unpaired) electrons. The Kier molecular flexibility index (Phi) is 21.0. The van der Waals surface area contributed by atoms with Crippen molar-refractivity contribution in [1.29, 1.82) is 5.26 Å². The highest BCUT2D eigenvalue weighted by Crippen LogP contribution is 1.58. The first-order valence-corrected chi connectivity index (χ1v) is 2.16. The largest absolute Gasteiger partial charge is 0.471 e. The Morgan fingerprint density at radius 2 is 2.12 bits per heavy atom. The van der Waals surface area contributed by atoms with Gasteiger partial charge in [0.2, 0.25) is 0 Å². The third-order valence-electron chi connectivity index (χ3n) is 0.254. The van der Waals surface area contributed by atoms with Crippen LogP contribution >= 0.6 is 0 Å². The number of hydrogen-bond acceptors (Lipinski definition) is 3. The van der Waals surface area contributed by atoms with Gasteiger partial charge in [-0.15, -0.1) is 0 Å². The highest BCUT2D eigenvalue weighted by molar-refractivity contribution is 5.36. The van der Waals surface area contributed by atoms with Crippen LogP contribution in [0.1, 0.15) is 13.3 Å². The van der Waals surface area contributed by atoms with Crippen LogP contribution in [0.4, 0.5) is 0 Å². The molecule has 0 heterocycles. The lowest BCUT2D eigenvalue weighted by atomic mass is 10.6. The molecule has 3 nitrogen and oxygen atoms in total. The topological polar surface area (TPSA) is 50.1 Å². The number of carbonyl (C=O) groups excluding carboxylic acids is 1. The van der Waals surface area contributed by atoms with Gasteiger partial charge in [0.25, 0.3) is 6.47 Å². The molecule has 0 N–H and O–H groups in total. The van der Waals surface area contributed by atoms with Gasteiger partial charge in [-0.05, 0) is 0 Å². The number of nitrogens with zero attached hydrogens (tertiary/aromatic N) is 1. The zero-order valence-corrected chi connectivity index (χ0v) is 5.05. The normalized spacial score (nSPS) is 5.12. The standard InChI is InChI=1S/C3H5N.C2H4O2/c1-2-3-4;1-4-2-3/h2H2,1H3;2H,1H3. The van der Waals surface area contributed by atoms with Gasteiger partial charge < -0.3 is 4.74 Å². The van der Waals surface area contributed by atoms with Crippen LogP contribution in [0.5, 0.6) is 0 Å². The van der Waals surface area contributed by atoms with Crippen molar-refractivity contribution in [2.24, 2.45) is 0 Å². The van der Waals surface area contributed by atoms with Crippen LogP contribution in [-0.4, -0.2) is 13.6 Å². The first kappa shape index (κ1) is 10.0. The zero-order chi connectivity index (χ0) is 6.83. The monoisotopic (exact) mass is 115 g/mol. The average molecular weight is 115 g/mol. The van der Waals surface area contributed by atoms with Crippen LogP contribution in [0.25, 0.3) is 0 Å². The lowest BCUT2D eigenvalue weighted by Gasteiger charge is -1.67. The van der Waals surface area contributed by atoms with E-state index < -0.39 is 0 Å². The summed E-state index contributed by atoms with van der Waals surface area (Å²) >= 11 is 0. The molecule has 0 saturated heterocycles. The molecule has 0 aromatic heterocycles. The molecule has 0 aliphatic heterocycles. The van der Waals surface area contributed by atoms with E-state index in [1.54, 1.807) is 0 Å². The van der Waals surface area contributed by atoms with E-state index in [1.165, 1.54) is 7.11 Å². The summed E-state index contributed by atoms with van der Waals surface area (Å²) in [5.74, 6) is 0. The maximum Gasteiger partial charge on any atom is 0.292 e. The molecule has 0 bridgehead atoms. The van der Waals surface area contributed by atoms with Crippen LogP contribution < -0.4 is 0 Å². The fraction of sp³-hybridized carbons (Fsp3) is 0.600. The van der Waals surface area contributed by atoms with Gasteiger partial charge in [0, 0.05) is 6.42 Å². The van der Waals surface area contributed by atoms with Crippen LogP contribution in [0.2, 0.25) is 0 Å². The van der Waals surface area contributed by atoms with Crippen molar-refractivity contribution in [3.05, 3.63) is 0 Å². The zero-order valence-electron chi connectivity index (χ0n) is 5.05. The van der Waals surface area contributed by atoms with Crippen molar-refractivity contribution in [2.45, 2.75) is 13.3 Å². The van der Waals surface area contributed by atoms with Gasteiger partial charge in [-0.2, -0.15) is 5.26 Å². The van der Waals surface area contributed by atoms with Gasteiger partial charge in [0.05, 0.1) is 13.2 Å². The van der Waals surface area contributed by atoms with Crippen LogP contribution in [-0.2, 0) is 9.53 Å². The fourth-order valence-electron chi connectivity index (χ4n) is 0. The second-order valence-corrected chi connectivity index (χ2v) is 0.844. The van der Waals surface area contributed by atoms with Crippen molar-refractivity contribution in [2.75, 3.05) is 7.11 Å². The minimum absolute atomic E-state index is 0.375. The molecule has 0 rings (SSSR count). The highest BCUT2D eigenvalue weighted by atomic mass is 16.5. The minimum Gasteiger partial charge on any atom is -0.471 e. The molecule has 0 unspecified atom stereocenters. The Labute approximate surface area is 48.9 Å². The Bertz CT molecular complexity index is 75.0. The lowest BCUT2D eigenvalue weighted by molar-refractivity contribution is -0.126. The van der Waals surface area contributed by atoms with E-state index in [0.29, 0.717) is 12.9 Å². The van der Waals surface area contributed by atoms with Crippen molar-refractivity contribution >= 4 is 6.47 Å². The molecule has 0 aromatic carbocycles. The summed E-state index contributed by atoms with van der Waals surface area (Å²) in [5, 5.41) is 7.62. The molecule has 46 valence electrons. The van der Waals surface area contributed by atoms with Crippen molar-refractivity contribution in [3.63, 3.8) is 0 Å². The molecular weight excluding hydrogens is 106 g/mol. The number of methoxy groups -OCH3 is 1. The molecule has 0 atom stereocenters. The average Bonchev–Trinajstić information content (AvgIpc) is 1.88. The summed E-state index contributed by atoms with van der Waals surface area (Å²) in [6.07, 6.45) is 0.625. The molecule has 0 aliphatic carbocycles. The van der Waals surface area contributed by atoms with Crippen molar-refractivity contribution < 1.29 is 9.53 Å². The molecule has 8 heavy (non-hydrogen) atoms. The van der Waals surface area contributed by atoms with Gasteiger partial charge in [-0.3, -0.25) is 4.79 Å². The summed E-state index contributed by atoms with van der Waals surface area (Å²) < 4.78 is 3.86. The number of ether oxygens (including phenoxy) is 1. The Morgan fingerprint density at radius 1 is 1.88 bits per heavy atom. The summed E-state index contributed by atoms with van der Waals surface area (Å²) in [4.78, 5) is 8.95. The number of carbonyl (C=O) groups is 1. The first-order valence-electron chi connectivity index (χ1n) is 2.16. The summed E-state index contributed by atoms with van der Waals surface area (Å²) in [6, 6.07) is 1.93. The number of rotatable bonds is 1. The molecule has 0 saturated carbocycles. The quantitative estimate of drug-likeness (QED) is 0.473. The summed E-state index contributed by atoms with van der Waals surface area (Å²) in [5.41, 5.74) is 0. The SMILES string of the molecule is CCC#N.COC=O. The van der Waals surface area contributed by atoms with Gasteiger partial charge >= 0.3 is 0 Å². The van der Waals surface area contributed by atoms with Crippen molar-refractivity contribution in [1.82, 2.24) is 0 Å². The Hall–Kier alpha value is -1.04. The molecule has 3 heteroatoms. The van der Waals surface area contributed by atoms with Crippen LogP contribution in [0.15, 0.2) is 0 Å². The van der Waals surface area contributed by atoms with Gasteiger partial charge in [-0.25, -0.2) is 0 Å². The Morgan fingerprint density at radius 3 is 2.12 bits per heavy atom. The summed E-state index contributed by atoms with van der Waals surface area (Å²) in [6.45, 7) is 2.19. The second kappa shape index (κ2) is 16.7. The van der Waals surface area contributed by atoms with Crippen LogP contribution in [0.3, 0.4) is 0 Å². The second-order valence-electron chi connectivity index (χ2n) is 0.844. The van der Waals surface area contributed by atoms with E-state index in [9.17, 15) is 0 Å². The minimum atomic E-state index is 0.375. The molecular formula is C5H9NO2. The molecule has 0 aliphatic rings. The third kappa shape index (κ3) is 84.4.